The van der Waals surface area contributed by atoms with Crippen LogP contribution in [-0.2, 0) is 16.4 Å². The third-order valence-corrected chi connectivity index (χ3v) is 6.59. The molecule has 0 aliphatic rings. The zero-order chi connectivity index (χ0) is 24.3. The number of nitro groups is 1. The summed E-state index contributed by atoms with van der Waals surface area (Å²) in [6, 6.07) is 16.4. The van der Waals surface area contributed by atoms with Gasteiger partial charge in [-0.3, -0.25) is 19.6 Å². The Kier molecular flexibility index (Phi) is 6.19. The predicted molar refractivity (Wildman–Crippen MR) is 126 cm³/mol. The molecular weight excluding hydrogens is 460 g/mol. The van der Waals surface area contributed by atoms with Crippen LogP contribution < -0.4 is 10.0 Å². The van der Waals surface area contributed by atoms with Crippen LogP contribution in [0.25, 0.3) is 10.9 Å². The Morgan fingerprint density at radius 2 is 1.79 bits per heavy atom. The summed E-state index contributed by atoms with van der Waals surface area (Å²) >= 11 is 0. The maximum atomic E-state index is 12.6. The normalized spacial score (nSPS) is 11.3. The third kappa shape index (κ3) is 4.84. The van der Waals surface area contributed by atoms with E-state index in [2.05, 4.69) is 15.0 Å². The topological polar surface area (TPSA) is 154 Å². The molecule has 4 aromatic rings. The summed E-state index contributed by atoms with van der Waals surface area (Å²) in [7, 11) is -4.15. The molecule has 10 nitrogen and oxygen atoms in total. The van der Waals surface area contributed by atoms with Gasteiger partial charge in [0, 0.05) is 41.0 Å². The molecule has 1 aromatic heterocycles. The number of hydrogen-bond donors (Lipinski definition) is 4. The minimum Gasteiger partial charge on any atom is -0.502 e. The minimum atomic E-state index is -4.15. The van der Waals surface area contributed by atoms with E-state index < -0.39 is 26.4 Å². The van der Waals surface area contributed by atoms with Crippen LogP contribution in [0.4, 0.5) is 11.4 Å². The van der Waals surface area contributed by atoms with Crippen LogP contribution in [0.15, 0.2) is 77.8 Å². The number of nitrogens with zero attached hydrogens (tertiary/aromatic N) is 1. The molecule has 4 rings (SSSR count). The van der Waals surface area contributed by atoms with Crippen LogP contribution in [-0.4, -0.2) is 35.9 Å². The number of benzene rings is 3. The van der Waals surface area contributed by atoms with Crippen molar-refractivity contribution in [1.29, 1.82) is 0 Å². The van der Waals surface area contributed by atoms with Crippen LogP contribution in [0.5, 0.6) is 5.75 Å². The van der Waals surface area contributed by atoms with Crippen molar-refractivity contribution in [3.8, 4) is 5.75 Å². The number of carbonyl (C=O) groups is 1. The van der Waals surface area contributed by atoms with Gasteiger partial charge in [-0.1, -0.05) is 18.2 Å². The molecule has 3 aromatic carbocycles. The molecule has 0 atom stereocenters. The third-order valence-electron chi connectivity index (χ3n) is 5.21. The summed E-state index contributed by atoms with van der Waals surface area (Å²) in [5, 5.41) is 24.4. The highest BCUT2D eigenvalue weighted by molar-refractivity contribution is 7.92. The summed E-state index contributed by atoms with van der Waals surface area (Å²) in [5.41, 5.74) is 1.93. The number of amides is 1. The van der Waals surface area contributed by atoms with E-state index in [-0.39, 0.29) is 16.5 Å². The van der Waals surface area contributed by atoms with Crippen LogP contribution in [0.2, 0.25) is 0 Å². The first-order chi connectivity index (χ1) is 16.2. The molecule has 0 unspecified atom stereocenters. The van der Waals surface area contributed by atoms with Crippen molar-refractivity contribution in [1.82, 2.24) is 10.3 Å². The largest absolute Gasteiger partial charge is 0.502 e. The van der Waals surface area contributed by atoms with Crippen LogP contribution >= 0.6 is 0 Å². The molecule has 174 valence electrons. The van der Waals surface area contributed by atoms with Gasteiger partial charge < -0.3 is 15.4 Å². The molecule has 4 N–H and O–H groups in total. The van der Waals surface area contributed by atoms with E-state index in [0.29, 0.717) is 18.5 Å². The lowest BCUT2D eigenvalue weighted by Gasteiger charge is -2.10. The molecule has 0 aliphatic heterocycles. The summed E-state index contributed by atoms with van der Waals surface area (Å²) in [6.07, 6.45) is 2.56. The maximum Gasteiger partial charge on any atom is 0.312 e. The maximum absolute atomic E-state index is 12.6. The first-order valence-corrected chi connectivity index (χ1v) is 11.7. The van der Waals surface area contributed by atoms with E-state index in [4.69, 9.17) is 0 Å². The molecule has 0 fully saturated rings. The Hall–Kier alpha value is -4.38. The molecule has 11 heteroatoms. The zero-order valence-corrected chi connectivity index (χ0v) is 18.5. The second kappa shape index (κ2) is 9.24. The Balaban J connectivity index is 1.38. The molecular formula is C23H20N4O6S. The average molecular weight is 481 g/mol. The number of aromatic nitrogens is 1. The first kappa shape index (κ1) is 22.8. The second-order valence-electron chi connectivity index (χ2n) is 7.46. The van der Waals surface area contributed by atoms with Crippen molar-refractivity contribution in [3.05, 3.63) is 94.2 Å². The number of anilines is 1. The van der Waals surface area contributed by atoms with Crippen LogP contribution in [0.1, 0.15) is 15.9 Å². The Morgan fingerprint density at radius 3 is 2.53 bits per heavy atom. The number of sulfonamides is 1. The Labute approximate surface area is 194 Å². The lowest BCUT2D eigenvalue weighted by molar-refractivity contribution is -0.386. The van der Waals surface area contributed by atoms with Crippen molar-refractivity contribution in [2.75, 3.05) is 11.3 Å². The monoisotopic (exact) mass is 480 g/mol. The van der Waals surface area contributed by atoms with Gasteiger partial charge in [-0.25, -0.2) is 8.42 Å². The van der Waals surface area contributed by atoms with Gasteiger partial charge in [0.1, 0.15) is 0 Å². The Morgan fingerprint density at radius 1 is 1.06 bits per heavy atom. The van der Waals surface area contributed by atoms with E-state index in [1.807, 2.05) is 30.5 Å². The molecule has 0 aliphatic carbocycles. The number of nitro benzene ring substituents is 1. The van der Waals surface area contributed by atoms with Crippen molar-refractivity contribution < 1.29 is 23.2 Å². The van der Waals surface area contributed by atoms with Crippen LogP contribution in [0, 0.1) is 10.1 Å². The molecule has 0 spiro atoms. The van der Waals surface area contributed by atoms with Crippen molar-refractivity contribution in [3.63, 3.8) is 0 Å². The fourth-order valence-corrected chi connectivity index (χ4v) is 4.55. The predicted octanol–water partition coefficient (Wildman–Crippen LogP) is 3.56. The number of aromatic amines is 1. The fourth-order valence-electron chi connectivity index (χ4n) is 3.47. The number of phenolic OH excluding ortho intramolecular Hbond substituents is 1. The SMILES string of the molecule is O=C(NCCc1c[nH]c2ccccc12)c1ccc(NS(=O)(=O)c2ccc(O)c([N+](=O)[O-])c2)cc1. The standard InChI is InChI=1S/C23H20N4O6S/c28-22-10-9-18(13-21(22)27(30)31)34(32,33)26-17-7-5-15(6-8-17)23(29)24-12-11-16-14-25-20-4-2-1-3-19(16)20/h1-10,13-14,25-26,28H,11-12H2,(H,24,29). The Bertz CT molecular complexity index is 1480. The van der Waals surface area contributed by atoms with Gasteiger partial charge >= 0.3 is 5.69 Å². The molecule has 0 radical (unpaired) electrons. The number of fused-ring (bicyclic) bond motifs is 1. The van der Waals surface area contributed by atoms with Crippen molar-refractivity contribution >= 4 is 38.2 Å². The number of nitrogens with one attached hydrogen (secondary N) is 3. The zero-order valence-electron chi connectivity index (χ0n) is 17.7. The minimum absolute atomic E-state index is 0.172. The van der Waals surface area contributed by atoms with Crippen molar-refractivity contribution in [2.45, 2.75) is 11.3 Å². The van der Waals surface area contributed by atoms with Gasteiger partial charge in [0.05, 0.1) is 9.82 Å². The number of carbonyl (C=O) groups excluding carboxylic acids is 1. The van der Waals surface area contributed by atoms with E-state index in [9.17, 15) is 28.4 Å². The smallest absolute Gasteiger partial charge is 0.312 e. The van der Waals surface area contributed by atoms with Crippen LogP contribution in [0.3, 0.4) is 0 Å². The van der Waals surface area contributed by atoms with E-state index in [1.54, 1.807) is 0 Å². The highest BCUT2D eigenvalue weighted by atomic mass is 32.2. The summed E-state index contributed by atoms with van der Waals surface area (Å²) in [4.78, 5) is 25.3. The molecule has 0 saturated heterocycles. The molecule has 34 heavy (non-hydrogen) atoms. The summed E-state index contributed by atoms with van der Waals surface area (Å²) < 4.78 is 27.4. The number of H-pyrrole nitrogens is 1. The second-order valence-corrected chi connectivity index (χ2v) is 9.14. The number of para-hydroxylation sites is 1. The fraction of sp³-hybridized carbons (Fsp3) is 0.0870. The van der Waals surface area contributed by atoms with E-state index >= 15 is 0 Å². The molecule has 0 saturated carbocycles. The van der Waals surface area contributed by atoms with Gasteiger partial charge in [0.2, 0.25) is 0 Å². The highest BCUT2D eigenvalue weighted by Crippen LogP contribution is 2.29. The molecule has 1 heterocycles. The quantitative estimate of drug-likeness (QED) is 0.223. The summed E-state index contributed by atoms with van der Waals surface area (Å²) in [6.45, 7) is 0.425. The molecule has 0 bridgehead atoms. The number of aromatic hydroxyl groups is 1. The molecule has 1 amide bonds. The number of phenols is 1. The van der Waals surface area contributed by atoms with Gasteiger partial charge in [-0.2, -0.15) is 0 Å². The van der Waals surface area contributed by atoms with Gasteiger partial charge in [-0.15, -0.1) is 0 Å². The van der Waals surface area contributed by atoms with E-state index in [0.717, 1.165) is 34.7 Å². The summed E-state index contributed by atoms with van der Waals surface area (Å²) in [5.74, 6) is -0.938. The lowest BCUT2D eigenvalue weighted by atomic mass is 10.1. The average Bonchev–Trinajstić information content (AvgIpc) is 3.22. The number of hydrogen-bond acceptors (Lipinski definition) is 6. The van der Waals surface area contributed by atoms with Crippen molar-refractivity contribution in [2.24, 2.45) is 0 Å². The van der Waals surface area contributed by atoms with Gasteiger partial charge in [0.25, 0.3) is 15.9 Å². The number of rotatable bonds is 8. The van der Waals surface area contributed by atoms with Gasteiger partial charge in [-0.05, 0) is 54.4 Å². The lowest BCUT2D eigenvalue weighted by Crippen LogP contribution is -2.25. The van der Waals surface area contributed by atoms with Gasteiger partial charge in [0.15, 0.2) is 5.75 Å². The highest BCUT2D eigenvalue weighted by Gasteiger charge is 2.21. The first-order valence-electron chi connectivity index (χ1n) is 10.2. The van der Waals surface area contributed by atoms with E-state index in [1.165, 1.54) is 24.3 Å².